The predicted octanol–water partition coefficient (Wildman–Crippen LogP) is 5.00. The van der Waals surface area contributed by atoms with Crippen molar-refractivity contribution >= 4 is 67.7 Å². The van der Waals surface area contributed by atoms with Gasteiger partial charge in [0.2, 0.25) is 11.8 Å². The lowest BCUT2D eigenvalue weighted by molar-refractivity contribution is -0.136. The number of nitrogens with one attached hydrogen (secondary N) is 2. The molecular weight excluding hydrogens is 621 g/mol. The van der Waals surface area contributed by atoms with Crippen LogP contribution in [0, 0.1) is 0 Å². The Labute approximate surface area is 269 Å². The van der Waals surface area contributed by atoms with E-state index in [0.717, 1.165) is 21.3 Å². The fourth-order valence-corrected chi connectivity index (χ4v) is 6.10. The van der Waals surface area contributed by atoms with E-state index in [9.17, 15) is 14.4 Å². The average Bonchev–Trinajstić information content (AvgIpc) is 3.43. The Balaban J connectivity index is 1.42. The molecule has 4 N–H and O–H groups in total. The lowest BCUT2D eigenvalue weighted by Gasteiger charge is -2.34. The normalized spacial score (nSPS) is 16.1. The second kappa shape index (κ2) is 14.1. The van der Waals surface area contributed by atoms with Gasteiger partial charge in [-0.25, -0.2) is 14.8 Å². The zero-order valence-electron chi connectivity index (χ0n) is 23.7. The number of hydrogen-bond donors (Lipinski definition) is 3. The minimum Gasteiger partial charge on any atom is -0.375 e. The zero-order chi connectivity index (χ0) is 31.2. The van der Waals surface area contributed by atoms with Crippen LogP contribution in [0.2, 0.25) is 10.0 Å². The Bertz CT molecular complexity index is 1680. The topological polar surface area (TPSA) is 124 Å². The highest BCUT2D eigenvalue weighted by Gasteiger charge is 2.33. The van der Waals surface area contributed by atoms with E-state index in [0.29, 0.717) is 20.7 Å². The fourth-order valence-electron chi connectivity index (χ4n) is 5.00. The standard InChI is InChI=1S/C31H31Cl2N7O3S/c1-2-13-40(31(43)35-17-20-11-12-23(32)24(33)16-20)39-15-14-38(18-22-9-6-10-25-27(22)37-30(34)44-25)29(42)28(36-26(41)19-39)21-7-4-3-5-8-21/h2-12,16,28H,1,13-15,17-19H2,(H2,34,37)(H,35,43)(H,36,41)/t28-/m0/s1. The molecule has 44 heavy (non-hydrogen) atoms. The van der Waals surface area contributed by atoms with Crippen molar-refractivity contribution in [1.82, 2.24) is 30.5 Å². The van der Waals surface area contributed by atoms with Crippen molar-refractivity contribution < 1.29 is 14.4 Å². The SMILES string of the molecule is C=CCN(C(=O)NCc1ccc(Cl)c(Cl)c1)N1CCN(Cc2cccc3sc(N)nc23)C(=O)[C@H](c2ccccc2)NC(=O)C1. The largest absolute Gasteiger partial charge is 0.375 e. The second-order valence-corrected chi connectivity index (χ2v) is 12.0. The predicted molar refractivity (Wildman–Crippen MR) is 174 cm³/mol. The molecule has 13 heteroatoms. The van der Waals surface area contributed by atoms with E-state index in [1.54, 1.807) is 46.3 Å². The first-order valence-corrected chi connectivity index (χ1v) is 15.4. The number of urea groups is 1. The summed E-state index contributed by atoms with van der Waals surface area (Å²) in [5.41, 5.74) is 8.96. The van der Waals surface area contributed by atoms with Crippen LogP contribution in [0.25, 0.3) is 10.2 Å². The lowest BCUT2D eigenvalue weighted by atomic mass is 10.0. The minimum atomic E-state index is -0.917. The number of nitrogens with two attached hydrogens (primary N) is 1. The van der Waals surface area contributed by atoms with Gasteiger partial charge in [-0.3, -0.25) is 14.6 Å². The summed E-state index contributed by atoms with van der Waals surface area (Å²) in [6.45, 7) is 4.62. The fraction of sp³-hybridized carbons (Fsp3) is 0.226. The molecule has 1 aromatic heterocycles. The second-order valence-electron chi connectivity index (χ2n) is 10.2. The first-order chi connectivity index (χ1) is 21.2. The molecule has 1 atom stereocenters. The number of para-hydroxylation sites is 1. The molecule has 1 saturated heterocycles. The van der Waals surface area contributed by atoms with Gasteiger partial charge >= 0.3 is 6.03 Å². The van der Waals surface area contributed by atoms with Gasteiger partial charge in [-0.15, -0.1) is 6.58 Å². The highest BCUT2D eigenvalue weighted by molar-refractivity contribution is 7.22. The number of hydrogen-bond acceptors (Lipinski definition) is 7. The van der Waals surface area contributed by atoms with Crippen molar-refractivity contribution in [3.8, 4) is 0 Å². The van der Waals surface area contributed by atoms with Crippen LogP contribution in [0.3, 0.4) is 0 Å². The molecule has 0 aliphatic carbocycles. The van der Waals surface area contributed by atoms with E-state index in [1.807, 2.05) is 36.4 Å². The highest BCUT2D eigenvalue weighted by Crippen LogP contribution is 2.28. The summed E-state index contributed by atoms with van der Waals surface area (Å²) in [5, 5.41) is 10.1. The number of benzene rings is 3. The number of hydrazine groups is 1. The molecule has 1 aliphatic heterocycles. The van der Waals surface area contributed by atoms with E-state index < -0.39 is 18.0 Å². The number of nitrogen functional groups attached to an aromatic ring is 1. The first-order valence-electron chi connectivity index (χ1n) is 13.9. The number of fused-ring (bicyclic) bond motifs is 1. The third kappa shape index (κ3) is 7.31. The molecule has 3 aromatic carbocycles. The Morgan fingerprint density at radius 2 is 1.91 bits per heavy atom. The molecule has 228 valence electrons. The quantitative estimate of drug-likeness (QED) is 0.230. The summed E-state index contributed by atoms with van der Waals surface area (Å²) in [6, 6.07) is 18.6. The van der Waals surface area contributed by atoms with Gasteiger partial charge in [0, 0.05) is 26.2 Å². The number of carbonyl (C=O) groups excluding carboxylic acids is 3. The molecule has 10 nitrogen and oxygen atoms in total. The van der Waals surface area contributed by atoms with Crippen molar-refractivity contribution in [2.45, 2.75) is 19.1 Å². The van der Waals surface area contributed by atoms with Crippen LogP contribution in [0.15, 0.2) is 79.4 Å². The minimum absolute atomic E-state index is 0.133. The number of carbonyl (C=O) groups is 3. The number of nitrogens with zero attached hydrogens (tertiary/aromatic N) is 4. The van der Waals surface area contributed by atoms with Crippen LogP contribution in [0.5, 0.6) is 0 Å². The zero-order valence-corrected chi connectivity index (χ0v) is 26.0. The van der Waals surface area contributed by atoms with Crippen LogP contribution >= 0.6 is 34.5 Å². The van der Waals surface area contributed by atoms with Gasteiger partial charge in [-0.2, -0.15) is 0 Å². The smallest absolute Gasteiger partial charge is 0.332 e. The maximum absolute atomic E-state index is 14.1. The number of anilines is 1. The summed E-state index contributed by atoms with van der Waals surface area (Å²) in [4.78, 5) is 47.1. The summed E-state index contributed by atoms with van der Waals surface area (Å²) >= 11 is 13.5. The lowest BCUT2D eigenvalue weighted by Crippen LogP contribution is -2.54. The van der Waals surface area contributed by atoms with E-state index in [-0.39, 0.29) is 45.2 Å². The molecule has 0 saturated carbocycles. The van der Waals surface area contributed by atoms with Gasteiger partial charge in [0.05, 0.1) is 33.4 Å². The molecule has 5 rings (SSSR count). The molecule has 2 heterocycles. The number of halogens is 2. The first kappa shape index (κ1) is 31.3. The third-order valence-electron chi connectivity index (χ3n) is 7.14. The number of thiazole rings is 1. The summed E-state index contributed by atoms with van der Waals surface area (Å²) in [5.74, 6) is -0.680. The monoisotopic (exact) mass is 651 g/mol. The van der Waals surface area contributed by atoms with Crippen LogP contribution in [0.1, 0.15) is 22.7 Å². The molecular formula is C31H31Cl2N7O3S. The molecule has 4 amide bonds. The van der Waals surface area contributed by atoms with Gasteiger partial charge in [0.15, 0.2) is 5.13 Å². The van der Waals surface area contributed by atoms with Crippen molar-refractivity contribution in [3.63, 3.8) is 0 Å². The maximum atomic E-state index is 14.1. The van der Waals surface area contributed by atoms with Crippen LogP contribution in [-0.4, -0.2) is 63.9 Å². The molecule has 4 aromatic rings. The van der Waals surface area contributed by atoms with Gasteiger partial charge < -0.3 is 21.3 Å². The number of amides is 4. The Kier molecular flexibility index (Phi) is 10.0. The Morgan fingerprint density at radius 3 is 2.66 bits per heavy atom. The molecule has 0 unspecified atom stereocenters. The summed E-state index contributed by atoms with van der Waals surface area (Å²) in [6.07, 6.45) is 1.58. The Morgan fingerprint density at radius 1 is 1.11 bits per heavy atom. The highest BCUT2D eigenvalue weighted by atomic mass is 35.5. The van der Waals surface area contributed by atoms with Gasteiger partial charge in [0.25, 0.3) is 0 Å². The van der Waals surface area contributed by atoms with Crippen LogP contribution in [0.4, 0.5) is 9.93 Å². The van der Waals surface area contributed by atoms with Crippen LogP contribution in [-0.2, 0) is 22.7 Å². The van der Waals surface area contributed by atoms with Crippen molar-refractivity contribution in [3.05, 3.63) is 106 Å². The molecule has 1 aliphatic rings. The number of rotatable bonds is 8. The van der Waals surface area contributed by atoms with Crippen molar-refractivity contribution in [1.29, 1.82) is 0 Å². The summed E-state index contributed by atoms with van der Waals surface area (Å²) in [7, 11) is 0. The van der Waals surface area contributed by atoms with Gasteiger partial charge in [0.1, 0.15) is 6.04 Å². The van der Waals surface area contributed by atoms with E-state index >= 15 is 0 Å². The molecule has 1 fully saturated rings. The van der Waals surface area contributed by atoms with E-state index in [1.165, 1.54) is 16.3 Å². The Hall–Kier alpha value is -4.16. The molecule has 0 bridgehead atoms. The van der Waals surface area contributed by atoms with Gasteiger partial charge in [-0.1, -0.05) is 89.1 Å². The molecule has 0 spiro atoms. The summed E-state index contributed by atoms with van der Waals surface area (Å²) < 4.78 is 0.919. The van der Waals surface area contributed by atoms with E-state index in [2.05, 4.69) is 22.2 Å². The van der Waals surface area contributed by atoms with Gasteiger partial charge in [-0.05, 0) is 34.9 Å². The maximum Gasteiger partial charge on any atom is 0.332 e. The number of aromatic nitrogens is 1. The third-order valence-corrected chi connectivity index (χ3v) is 8.73. The van der Waals surface area contributed by atoms with Crippen LogP contribution < -0.4 is 16.4 Å². The van der Waals surface area contributed by atoms with E-state index in [4.69, 9.17) is 28.9 Å². The average molecular weight is 653 g/mol. The molecule has 0 radical (unpaired) electrons. The van der Waals surface area contributed by atoms with Crippen molar-refractivity contribution in [2.24, 2.45) is 0 Å². The van der Waals surface area contributed by atoms with Crippen molar-refractivity contribution in [2.75, 3.05) is 31.9 Å².